The Morgan fingerprint density at radius 3 is 2.40 bits per heavy atom. The summed E-state index contributed by atoms with van der Waals surface area (Å²) in [5, 5.41) is 2.17. The van der Waals surface area contributed by atoms with E-state index < -0.39 is 18.1 Å². The molecule has 2 N–H and O–H groups in total. The van der Waals surface area contributed by atoms with Crippen molar-refractivity contribution in [1.29, 1.82) is 0 Å². The standard InChI is InChI=1S/C32H25ClN2O4S3/c33-17-19-11-12-23-24(36)16-26(42-25(23)15-19)40-14-13-22-18-41-31-27(34)30(37)35(31)28(22)32(38)39-29(20-7-3-1-4-8-20)21-9-5-2-6-10-21/h1-16,27,29,31H,17-18,34H2/t27-,31-/m1/s1. The fourth-order valence-corrected chi connectivity index (χ4v) is 8.38. The number of fused-ring (bicyclic) bond motifs is 2. The molecular weight excluding hydrogens is 608 g/mol. The molecule has 3 heterocycles. The maximum atomic E-state index is 13.9. The number of halogens is 1. The van der Waals surface area contributed by atoms with E-state index in [1.165, 1.54) is 39.8 Å². The van der Waals surface area contributed by atoms with Gasteiger partial charge in [-0.2, -0.15) is 0 Å². The molecule has 0 radical (unpaired) electrons. The molecule has 3 aromatic carbocycles. The number of benzene rings is 3. The van der Waals surface area contributed by atoms with Crippen molar-refractivity contribution in [2.75, 3.05) is 5.75 Å². The van der Waals surface area contributed by atoms with Crippen molar-refractivity contribution in [3.05, 3.63) is 135 Å². The number of nitrogens with zero attached hydrogens (tertiary/aromatic N) is 1. The second kappa shape index (κ2) is 12.5. The van der Waals surface area contributed by atoms with E-state index in [2.05, 4.69) is 0 Å². The topological polar surface area (TPSA) is 89.7 Å². The van der Waals surface area contributed by atoms with Gasteiger partial charge in [-0.1, -0.05) is 78.5 Å². The number of thioether (sulfide) groups is 2. The van der Waals surface area contributed by atoms with Crippen molar-refractivity contribution in [2.24, 2.45) is 5.73 Å². The van der Waals surface area contributed by atoms with Gasteiger partial charge in [0.15, 0.2) is 11.5 Å². The molecule has 1 saturated heterocycles. The first-order valence-corrected chi connectivity index (χ1v) is 16.4. The van der Waals surface area contributed by atoms with Gasteiger partial charge in [0, 0.05) is 27.8 Å². The fourth-order valence-electron chi connectivity index (χ4n) is 4.91. The first-order chi connectivity index (χ1) is 20.4. The Morgan fingerprint density at radius 1 is 1.05 bits per heavy atom. The van der Waals surface area contributed by atoms with Crippen LogP contribution in [0.3, 0.4) is 0 Å². The Labute approximate surface area is 260 Å². The number of hydrogen-bond donors (Lipinski definition) is 1. The molecule has 2 aliphatic rings. The minimum Gasteiger partial charge on any atom is -0.448 e. The second-order valence-electron chi connectivity index (χ2n) is 9.73. The van der Waals surface area contributed by atoms with Crippen molar-refractivity contribution in [2.45, 2.75) is 27.6 Å². The molecule has 2 aliphatic heterocycles. The highest BCUT2D eigenvalue weighted by Crippen LogP contribution is 2.41. The number of carbonyl (C=O) groups excluding carboxylic acids is 2. The summed E-state index contributed by atoms with van der Waals surface area (Å²) in [6.07, 6.45) is 1.16. The fraction of sp³-hybridized carbons (Fsp3) is 0.156. The first kappa shape index (κ1) is 28.8. The summed E-state index contributed by atoms with van der Waals surface area (Å²) < 4.78 is 7.81. The van der Waals surface area contributed by atoms with Gasteiger partial charge in [-0.25, -0.2) is 4.79 Å². The maximum absolute atomic E-state index is 13.9. The largest absolute Gasteiger partial charge is 0.448 e. The van der Waals surface area contributed by atoms with Gasteiger partial charge in [-0.3, -0.25) is 14.5 Å². The molecule has 2 atom stereocenters. The van der Waals surface area contributed by atoms with Crippen LogP contribution in [0.25, 0.3) is 10.1 Å². The number of ether oxygens (including phenoxy) is 1. The molecule has 0 unspecified atom stereocenters. The molecule has 0 spiro atoms. The van der Waals surface area contributed by atoms with E-state index in [9.17, 15) is 14.4 Å². The molecule has 6 nitrogen and oxygen atoms in total. The summed E-state index contributed by atoms with van der Waals surface area (Å²) in [5.41, 5.74) is 9.47. The lowest BCUT2D eigenvalue weighted by molar-refractivity contribution is -0.153. The third-order valence-corrected chi connectivity index (χ3v) is 10.7. The summed E-state index contributed by atoms with van der Waals surface area (Å²) in [5.74, 6) is -0.0464. The molecule has 212 valence electrons. The molecule has 0 aliphatic carbocycles. The van der Waals surface area contributed by atoms with Crippen LogP contribution in [-0.2, 0) is 20.2 Å². The molecule has 10 heteroatoms. The van der Waals surface area contributed by atoms with Gasteiger partial charge in [-0.05, 0) is 45.9 Å². The van der Waals surface area contributed by atoms with Crippen LogP contribution in [-0.4, -0.2) is 33.9 Å². The van der Waals surface area contributed by atoms with Crippen LogP contribution in [0, 0.1) is 0 Å². The molecule has 1 aromatic heterocycles. The molecule has 1 fully saturated rings. The third-order valence-electron chi connectivity index (χ3n) is 7.04. The number of carbonyl (C=O) groups is 2. The molecule has 6 rings (SSSR count). The Hall–Kier alpha value is -3.34. The number of rotatable bonds is 8. The Kier molecular flexibility index (Phi) is 8.55. The van der Waals surface area contributed by atoms with E-state index in [1.807, 2.05) is 90.3 Å². The first-order valence-electron chi connectivity index (χ1n) is 13.1. The minimum absolute atomic E-state index is 0.0617. The summed E-state index contributed by atoms with van der Waals surface area (Å²) in [4.78, 5) is 40.9. The molecule has 0 bridgehead atoms. The van der Waals surface area contributed by atoms with Gasteiger partial charge in [-0.15, -0.1) is 34.7 Å². The van der Waals surface area contributed by atoms with E-state index >= 15 is 0 Å². The van der Waals surface area contributed by atoms with Gasteiger partial charge in [0.2, 0.25) is 5.91 Å². The quantitative estimate of drug-likeness (QED) is 0.104. The summed E-state index contributed by atoms with van der Waals surface area (Å²) >= 11 is 10.4. The van der Waals surface area contributed by atoms with Crippen molar-refractivity contribution < 1.29 is 14.3 Å². The number of allylic oxidation sites excluding steroid dienone is 1. The van der Waals surface area contributed by atoms with Gasteiger partial charge >= 0.3 is 5.97 Å². The predicted octanol–water partition coefficient (Wildman–Crippen LogP) is 6.44. The number of amides is 1. The van der Waals surface area contributed by atoms with Crippen LogP contribution in [0.1, 0.15) is 22.8 Å². The van der Waals surface area contributed by atoms with E-state index in [1.54, 1.807) is 6.07 Å². The lowest BCUT2D eigenvalue weighted by atomic mass is 10.0. The molecule has 42 heavy (non-hydrogen) atoms. The number of esters is 1. The second-order valence-corrected chi connectivity index (χ2v) is 13.4. The minimum atomic E-state index is -0.662. The lowest BCUT2D eigenvalue weighted by Gasteiger charge is -2.48. The number of alkyl halides is 1. The predicted molar refractivity (Wildman–Crippen MR) is 172 cm³/mol. The van der Waals surface area contributed by atoms with E-state index in [4.69, 9.17) is 22.1 Å². The molecule has 0 saturated carbocycles. The highest BCUT2D eigenvalue weighted by molar-refractivity contribution is 8.04. The maximum Gasteiger partial charge on any atom is 0.356 e. The van der Waals surface area contributed by atoms with Gasteiger partial charge < -0.3 is 10.5 Å². The summed E-state index contributed by atoms with van der Waals surface area (Å²) in [6, 6.07) is 25.6. The van der Waals surface area contributed by atoms with Gasteiger partial charge in [0.1, 0.15) is 17.1 Å². The highest BCUT2D eigenvalue weighted by Gasteiger charge is 2.52. The van der Waals surface area contributed by atoms with Crippen molar-refractivity contribution in [3.63, 3.8) is 0 Å². The number of β-lactam (4-membered cyclic amide) rings is 1. The third kappa shape index (κ3) is 5.67. The smallest absolute Gasteiger partial charge is 0.356 e. The Morgan fingerprint density at radius 2 is 1.74 bits per heavy atom. The van der Waals surface area contributed by atoms with Crippen LogP contribution >= 0.6 is 46.5 Å². The average Bonchev–Trinajstić information content (AvgIpc) is 3.03. The van der Waals surface area contributed by atoms with Crippen LogP contribution < -0.4 is 11.2 Å². The Balaban J connectivity index is 1.32. The van der Waals surface area contributed by atoms with Gasteiger partial charge in [0.05, 0.1) is 4.21 Å². The number of hydrogen-bond acceptors (Lipinski definition) is 8. The van der Waals surface area contributed by atoms with Crippen LogP contribution in [0.2, 0.25) is 0 Å². The lowest BCUT2D eigenvalue weighted by Crippen LogP contribution is -2.68. The normalized spacial score (nSPS) is 18.5. The van der Waals surface area contributed by atoms with Crippen molar-refractivity contribution >= 4 is 68.4 Å². The zero-order valence-electron chi connectivity index (χ0n) is 22.1. The van der Waals surface area contributed by atoms with E-state index in [0.717, 1.165) is 25.6 Å². The molecular formula is C32H25ClN2O4S3. The van der Waals surface area contributed by atoms with Gasteiger partial charge in [0.25, 0.3) is 0 Å². The summed E-state index contributed by atoms with van der Waals surface area (Å²) in [6.45, 7) is 0. The molecule has 4 aromatic rings. The van der Waals surface area contributed by atoms with Crippen molar-refractivity contribution in [3.8, 4) is 0 Å². The average molecular weight is 633 g/mol. The highest BCUT2D eigenvalue weighted by atomic mass is 35.5. The zero-order chi connectivity index (χ0) is 29.2. The monoisotopic (exact) mass is 632 g/mol. The van der Waals surface area contributed by atoms with Crippen LogP contribution in [0.5, 0.6) is 0 Å². The summed E-state index contributed by atoms with van der Waals surface area (Å²) in [7, 11) is 0. The van der Waals surface area contributed by atoms with Crippen LogP contribution in [0.15, 0.2) is 117 Å². The molecule has 1 amide bonds. The van der Waals surface area contributed by atoms with Crippen molar-refractivity contribution in [1.82, 2.24) is 4.90 Å². The van der Waals surface area contributed by atoms with E-state index in [-0.39, 0.29) is 22.4 Å². The van der Waals surface area contributed by atoms with E-state index in [0.29, 0.717) is 22.6 Å². The SMILES string of the molecule is N[C@@H]1C(=O)N2C(C(=O)OC(c3ccccc3)c3ccccc3)=C(C=CSc3cc(=O)c4ccc(CCl)cc4s3)CS[C@H]12. The zero-order valence-corrected chi connectivity index (χ0v) is 25.3. The number of nitrogens with two attached hydrogens (primary N) is 1. The Bertz CT molecular complexity index is 1740. The van der Waals surface area contributed by atoms with Crippen LogP contribution in [0.4, 0.5) is 0 Å².